The summed E-state index contributed by atoms with van der Waals surface area (Å²) >= 11 is 0. The van der Waals surface area contributed by atoms with Crippen LogP contribution in [0.15, 0.2) is 18.2 Å². The van der Waals surface area contributed by atoms with E-state index in [-0.39, 0.29) is 24.2 Å². The van der Waals surface area contributed by atoms with Gasteiger partial charge in [0.05, 0.1) is 18.0 Å². The number of fused-ring (bicyclic) bond motifs is 2. The fourth-order valence-corrected chi connectivity index (χ4v) is 4.52. The van der Waals surface area contributed by atoms with E-state index >= 15 is 0 Å². The molecule has 2 heterocycles. The van der Waals surface area contributed by atoms with Crippen LogP contribution in [0.4, 0.5) is 4.39 Å². The summed E-state index contributed by atoms with van der Waals surface area (Å²) in [5.74, 6) is 0.610. The van der Waals surface area contributed by atoms with Crippen LogP contribution in [-0.2, 0) is 16.0 Å². The number of aromatic amines is 1. The van der Waals surface area contributed by atoms with Crippen molar-refractivity contribution >= 4 is 16.8 Å². The minimum absolute atomic E-state index is 0.0112. The summed E-state index contributed by atoms with van der Waals surface area (Å²) < 4.78 is 19.7. The van der Waals surface area contributed by atoms with Gasteiger partial charge in [0.1, 0.15) is 5.82 Å². The highest BCUT2D eigenvalue weighted by Gasteiger charge is 2.53. The number of aryl methyl sites for hydroxylation is 1. The third kappa shape index (κ3) is 2.34. The van der Waals surface area contributed by atoms with Crippen molar-refractivity contribution in [3.05, 3.63) is 35.3 Å². The first-order chi connectivity index (χ1) is 11.6. The molecule has 1 aliphatic heterocycles. The fraction of sp³-hybridized carbons (Fsp3) is 0.526. The summed E-state index contributed by atoms with van der Waals surface area (Å²) in [7, 11) is 0. The molecule has 0 bridgehead atoms. The van der Waals surface area contributed by atoms with Crippen LogP contribution >= 0.6 is 0 Å². The van der Waals surface area contributed by atoms with Crippen LogP contribution < -0.4 is 5.32 Å². The van der Waals surface area contributed by atoms with Gasteiger partial charge in [0, 0.05) is 35.6 Å². The van der Waals surface area contributed by atoms with Crippen molar-refractivity contribution in [2.75, 3.05) is 6.61 Å². The number of rotatable bonds is 4. The Kier molecular flexibility index (Phi) is 3.83. The minimum atomic E-state index is -0.279. The Labute approximate surface area is 140 Å². The van der Waals surface area contributed by atoms with Crippen molar-refractivity contribution in [2.45, 2.75) is 45.3 Å². The topological polar surface area (TPSA) is 54.1 Å². The maximum absolute atomic E-state index is 13.9. The number of H-pyrrole nitrogens is 1. The van der Waals surface area contributed by atoms with Crippen molar-refractivity contribution in [3.63, 3.8) is 0 Å². The second kappa shape index (κ2) is 5.88. The van der Waals surface area contributed by atoms with Crippen molar-refractivity contribution in [1.29, 1.82) is 0 Å². The predicted molar refractivity (Wildman–Crippen MR) is 90.3 cm³/mol. The molecule has 0 radical (unpaired) electrons. The van der Waals surface area contributed by atoms with Crippen LogP contribution in [0.25, 0.3) is 10.9 Å². The van der Waals surface area contributed by atoms with E-state index in [1.54, 1.807) is 6.07 Å². The summed E-state index contributed by atoms with van der Waals surface area (Å²) in [6, 6.07) is 5.20. The molecule has 4 nitrogen and oxygen atoms in total. The SMILES string of the molecule is CCC1C(NC(=O)Cc2c(C)[nH]c3c(F)cccc23)C2CCOC12. The summed E-state index contributed by atoms with van der Waals surface area (Å²) in [5.41, 5.74) is 2.22. The molecule has 1 aliphatic carbocycles. The van der Waals surface area contributed by atoms with Gasteiger partial charge in [0.15, 0.2) is 0 Å². The van der Waals surface area contributed by atoms with Gasteiger partial charge in [-0.2, -0.15) is 0 Å². The lowest BCUT2D eigenvalue weighted by Crippen LogP contribution is -2.61. The molecule has 1 aromatic heterocycles. The summed E-state index contributed by atoms with van der Waals surface area (Å²) in [6.07, 6.45) is 2.65. The van der Waals surface area contributed by atoms with Crippen molar-refractivity contribution < 1.29 is 13.9 Å². The lowest BCUT2D eigenvalue weighted by molar-refractivity contribution is -0.126. The third-order valence-corrected chi connectivity index (χ3v) is 5.77. The Bertz CT molecular complexity index is 785. The van der Waals surface area contributed by atoms with Crippen LogP contribution in [-0.4, -0.2) is 29.6 Å². The first-order valence-corrected chi connectivity index (χ1v) is 8.76. The maximum atomic E-state index is 13.9. The average molecular weight is 330 g/mol. The number of hydrogen-bond acceptors (Lipinski definition) is 2. The average Bonchev–Trinajstić information content (AvgIpc) is 3.10. The van der Waals surface area contributed by atoms with E-state index in [4.69, 9.17) is 4.74 Å². The molecule has 4 atom stereocenters. The molecule has 4 rings (SSSR count). The number of nitrogens with one attached hydrogen (secondary N) is 2. The van der Waals surface area contributed by atoms with Gasteiger partial charge in [0.2, 0.25) is 5.91 Å². The molecule has 4 unspecified atom stereocenters. The highest BCUT2D eigenvalue weighted by Crippen LogP contribution is 2.45. The molecule has 5 heteroatoms. The molecule has 128 valence electrons. The molecule has 2 fully saturated rings. The molecule has 2 aliphatic rings. The predicted octanol–water partition coefficient (Wildman–Crippen LogP) is 3.09. The van der Waals surface area contributed by atoms with Crippen molar-refractivity contribution in [3.8, 4) is 0 Å². The molecule has 1 amide bonds. The van der Waals surface area contributed by atoms with Crippen LogP contribution in [0.2, 0.25) is 0 Å². The number of hydrogen-bond donors (Lipinski definition) is 2. The molecule has 1 aromatic carbocycles. The quantitative estimate of drug-likeness (QED) is 0.905. The Morgan fingerprint density at radius 3 is 3.08 bits per heavy atom. The van der Waals surface area contributed by atoms with E-state index in [0.717, 1.165) is 36.1 Å². The van der Waals surface area contributed by atoms with Gasteiger partial charge < -0.3 is 15.0 Å². The van der Waals surface area contributed by atoms with Gasteiger partial charge >= 0.3 is 0 Å². The van der Waals surface area contributed by atoms with Gasteiger partial charge in [-0.25, -0.2) is 4.39 Å². The zero-order chi connectivity index (χ0) is 16.8. The number of aromatic nitrogens is 1. The number of benzene rings is 1. The summed E-state index contributed by atoms with van der Waals surface area (Å²) in [4.78, 5) is 15.6. The Morgan fingerprint density at radius 2 is 2.29 bits per heavy atom. The molecule has 1 saturated heterocycles. The number of carbonyl (C=O) groups excluding carboxylic acids is 1. The van der Waals surface area contributed by atoms with E-state index in [9.17, 15) is 9.18 Å². The van der Waals surface area contributed by atoms with E-state index in [2.05, 4.69) is 17.2 Å². The van der Waals surface area contributed by atoms with Crippen molar-refractivity contribution in [2.24, 2.45) is 11.8 Å². The normalized spacial score (nSPS) is 28.6. The van der Waals surface area contributed by atoms with E-state index < -0.39 is 0 Å². The zero-order valence-electron chi connectivity index (χ0n) is 14.1. The van der Waals surface area contributed by atoms with E-state index in [0.29, 0.717) is 23.5 Å². The highest BCUT2D eigenvalue weighted by atomic mass is 19.1. The second-order valence-corrected chi connectivity index (χ2v) is 7.02. The molecule has 1 saturated carbocycles. The van der Waals surface area contributed by atoms with E-state index in [1.165, 1.54) is 6.07 Å². The summed E-state index contributed by atoms with van der Waals surface area (Å²) in [5, 5.41) is 4.00. The number of carbonyl (C=O) groups is 1. The molecular formula is C19H23FN2O2. The number of para-hydroxylation sites is 1. The van der Waals surface area contributed by atoms with Crippen LogP contribution in [0.3, 0.4) is 0 Å². The molecule has 0 spiro atoms. The monoisotopic (exact) mass is 330 g/mol. The zero-order valence-corrected chi connectivity index (χ0v) is 14.1. The molecule has 2 aromatic rings. The third-order valence-electron chi connectivity index (χ3n) is 5.77. The first kappa shape index (κ1) is 15.6. The molecular weight excluding hydrogens is 307 g/mol. The molecule has 2 N–H and O–H groups in total. The number of ether oxygens (including phenoxy) is 1. The van der Waals surface area contributed by atoms with Crippen LogP contribution in [0, 0.1) is 24.6 Å². The van der Waals surface area contributed by atoms with Gasteiger partial charge in [-0.05, 0) is 31.4 Å². The number of amides is 1. The largest absolute Gasteiger partial charge is 0.377 e. The van der Waals surface area contributed by atoms with Gasteiger partial charge in [-0.1, -0.05) is 19.1 Å². The minimum Gasteiger partial charge on any atom is -0.377 e. The standard InChI is InChI=1S/C19H23FN2O2/c1-3-11-17(13-7-8-24-19(11)13)22-16(23)9-14-10(2)21-18-12(14)5-4-6-15(18)20/h4-6,11,13,17,19,21H,3,7-9H2,1-2H3,(H,22,23). The fourth-order valence-electron chi connectivity index (χ4n) is 4.52. The second-order valence-electron chi connectivity index (χ2n) is 7.02. The van der Waals surface area contributed by atoms with Crippen LogP contribution in [0.1, 0.15) is 31.0 Å². The van der Waals surface area contributed by atoms with E-state index in [1.807, 2.05) is 13.0 Å². The van der Waals surface area contributed by atoms with Gasteiger partial charge in [0.25, 0.3) is 0 Å². The van der Waals surface area contributed by atoms with Crippen molar-refractivity contribution in [1.82, 2.24) is 10.3 Å². The molecule has 24 heavy (non-hydrogen) atoms. The summed E-state index contributed by atoms with van der Waals surface area (Å²) in [6.45, 7) is 4.84. The Hall–Kier alpha value is -1.88. The first-order valence-electron chi connectivity index (χ1n) is 8.76. The Balaban J connectivity index is 1.51. The smallest absolute Gasteiger partial charge is 0.224 e. The number of halogens is 1. The van der Waals surface area contributed by atoms with Gasteiger partial charge in [-0.3, -0.25) is 4.79 Å². The lowest BCUT2D eigenvalue weighted by Gasteiger charge is -2.47. The highest BCUT2D eigenvalue weighted by molar-refractivity contribution is 5.90. The Morgan fingerprint density at radius 1 is 1.46 bits per heavy atom. The van der Waals surface area contributed by atoms with Gasteiger partial charge in [-0.15, -0.1) is 0 Å². The lowest BCUT2D eigenvalue weighted by atomic mass is 9.65. The van der Waals surface area contributed by atoms with Crippen LogP contribution in [0.5, 0.6) is 0 Å². The maximum Gasteiger partial charge on any atom is 0.224 e.